The highest BCUT2D eigenvalue weighted by Gasteiger charge is 2.07. The molecule has 0 bridgehead atoms. The molecule has 2 N–H and O–H groups in total. The Morgan fingerprint density at radius 1 is 1.29 bits per heavy atom. The Morgan fingerprint density at radius 3 is 2.53 bits per heavy atom. The monoisotopic (exact) mass is 256 g/mol. The van der Waals surface area contributed by atoms with Crippen LogP contribution in [-0.4, -0.2) is 43.6 Å². The van der Waals surface area contributed by atoms with Crippen molar-refractivity contribution in [2.75, 3.05) is 44.4 Å². The average molecular weight is 257 g/mol. The van der Waals surface area contributed by atoms with Crippen molar-refractivity contribution in [3.63, 3.8) is 0 Å². The molecular weight excluding hydrogens is 236 g/mol. The lowest BCUT2D eigenvalue weighted by Crippen LogP contribution is -2.27. The number of hydrogen-bond acceptors (Lipinski definition) is 4. The molecule has 0 fully saturated rings. The van der Waals surface area contributed by atoms with Crippen LogP contribution < -0.4 is 10.6 Å². The number of anilines is 2. The van der Waals surface area contributed by atoms with Gasteiger partial charge in [0.25, 0.3) is 0 Å². The van der Waals surface area contributed by atoms with Crippen LogP contribution in [0.25, 0.3) is 0 Å². The number of nitrogens with zero attached hydrogens (tertiary/aromatic N) is 3. The largest absolute Gasteiger partial charge is 0.399 e. The minimum Gasteiger partial charge on any atom is -0.399 e. The molecule has 1 aromatic rings. The molecule has 0 aliphatic rings. The Hall–Kier alpha value is -1.00. The molecule has 96 valence electrons. The Balaban J connectivity index is 2.65. The molecule has 17 heavy (non-hydrogen) atoms. The van der Waals surface area contributed by atoms with Crippen LogP contribution in [0.5, 0.6) is 0 Å². The van der Waals surface area contributed by atoms with Gasteiger partial charge in [-0.15, -0.1) is 0 Å². The van der Waals surface area contributed by atoms with Gasteiger partial charge in [0.05, 0.1) is 0 Å². The predicted molar refractivity (Wildman–Crippen MR) is 74.7 cm³/mol. The topological polar surface area (TPSA) is 45.4 Å². The average Bonchev–Trinajstić information content (AvgIpc) is 2.22. The van der Waals surface area contributed by atoms with Crippen molar-refractivity contribution < 1.29 is 0 Å². The van der Waals surface area contributed by atoms with Crippen molar-refractivity contribution in [1.29, 1.82) is 0 Å². The maximum Gasteiger partial charge on any atom is 0.133 e. The molecule has 0 spiro atoms. The highest BCUT2D eigenvalue weighted by Crippen LogP contribution is 2.19. The van der Waals surface area contributed by atoms with Crippen molar-refractivity contribution in [2.24, 2.45) is 0 Å². The van der Waals surface area contributed by atoms with E-state index in [1.807, 2.05) is 6.07 Å². The fourth-order valence-electron chi connectivity index (χ4n) is 1.68. The zero-order chi connectivity index (χ0) is 12.8. The number of rotatable bonds is 6. The fourth-order valence-corrected chi connectivity index (χ4v) is 1.89. The lowest BCUT2D eigenvalue weighted by Gasteiger charge is -2.23. The van der Waals surface area contributed by atoms with E-state index in [2.05, 4.69) is 35.8 Å². The van der Waals surface area contributed by atoms with Gasteiger partial charge in [-0.3, -0.25) is 0 Å². The van der Waals surface area contributed by atoms with Crippen molar-refractivity contribution >= 4 is 23.1 Å². The second kappa shape index (κ2) is 6.67. The molecule has 0 aliphatic heterocycles. The zero-order valence-electron chi connectivity index (χ0n) is 10.8. The van der Waals surface area contributed by atoms with Crippen LogP contribution in [-0.2, 0) is 0 Å². The molecule has 4 nitrogen and oxygen atoms in total. The summed E-state index contributed by atoms with van der Waals surface area (Å²) < 4.78 is 0. The van der Waals surface area contributed by atoms with Crippen molar-refractivity contribution in [1.82, 2.24) is 9.88 Å². The van der Waals surface area contributed by atoms with Crippen LogP contribution in [0.15, 0.2) is 12.1 Å². The number of halogens is 1. The summed E-state index contributed by atoms with van der Waals surface area (Å²) in [5, 5.41) is 0.450. The first-order valence-corrected chi connectivity index (χ1v) is 6.23. The van der Waals surface area contributed by atoms with Gasteiger partial charge in [0.2, 0.25) is 0 Å². The van der Waals surface area contributed by atoms with Crippen LogP contribution in [0.2, 0.25) is 5.15 Å². The second-order valence-corrected chi connectivity index (χ2v) is 4.71. The van der Waals surface area contributed by atoms with E-state index in [0.717, 1.165) is 31.9 Å². The van der Waals surface area contributed by atoms with E-state index in [1.165, 1.54) is 0 Å². The first kappa shape index (κ1) is 14.1. The highest BCUT2D eigenvalue weighted by atomic mass is 35.5. The summed E-state index contributed by atoms with van der Waals surface area (Å²) in [6, 6.07) is 3.53. The second-order valence-electron chi connectivity index (χ2n) is 4.32. The number of nitrogens with two attached hydrogens (primary N) is 1. The van der Waals surface area contributed by atoms with Gasteiger partial charge in [0.1, 0.15) is 11.0 Å². The summed E-state index contributed by atoms with van der Waals surface area (Å²) in [6.45, 7) is 5.03. The third kappa shape index (κ3) is 4.79. The third-order valence-electron chi connectivity index (χ3n) is 2.54. The lowest BCUT2D eigenvalue weighted by atomic mass is 10.3. The van der Waals surface area contributed by atoms with Gasteiger partial charge in [-0.05, 0) is 40.1 Å². The first-order chi connectivity index (χ1) is 8.02. The standard InChI is InChI=1S/C12H21ClN4/c1-4-17(7-5-6-16(2)3)12-9-10(14)8-11(13)15-12/h8-9H,4-7H2,1-3H3,(H2,14,15). The van der Waals surface area contributed by atoms with E-state index in [4.69, 9.17) is 17.3 Å². The number of aromatic nitrogens is 1. The lowest BCUT2D eigenvalue weighted by molar-refractivity contribution is 0.400. The molecule has 0 saturated heterocycles. The van der Waals surface area contributed by atoms with Gasteiger partial charge >= 0.3 is 0 Å². The third-order valence-corrected chi connectivity index (χ3v) is 2.74. The Morgan fingerprint density at radius 2 is 2.00 bits per heavy atom. The van der Waals surface area contributed by atoms with Crippen molar-refractivity contribution in [2.45, 2.75) is 13.3 Å². The maximum atomic E-state index is 5.91. The van der Waals surface area contributed by atoms with E-state index in [1.54, 1.807) is 6.07 Å². The summed E-state index contributed by atoms with van der Waals surface area (Å²) in [5.74, 6) is 0.858. The molecule has 0 saturated carbocycles. The van der Waals surface area contributed by atoms with Gasteiger partial charge in [-0.25, -0.2) is 4.98 Å². The molecule has 0 aromatic carbocycles. The van der Waals surface area contributed by atoms with Gasteiger partial charge in [-0.2, -0.15) is 0 Å². The summed E-state index contributed by atoms with van der Waals surface area (Å²) in [4.78, 5) is 8.66. The van der Waals surface area contributed by atoms with Crippen LogP contribution in [0.4, 0.5) is 11.5 Å². The molecule has 0 aliphatic carbocycles. The summed E-state index contributed by atoms with van der Waals surface area (Å²) in [6.07, 6.45) is 1.09. The molecule has 0 unspecified atom stereocenters. The quantitative estimate of drug-likeness (QED) is 0.792. The van der Waals surface area contributed by atoms with Gasteiger partial charge in [0, 0.05) is 24.8 Å². The minimum absolute atomic E-state index is 0.450. The summed E-state index contributed by atoms with van der Waals surface area (Å²) in [5.41, 5.74) is 6.43. The smallest absolute Gasteiger partial charge is 0.133 e. The van der Waals surface area contributed by atoms with Gasteiger partial charge in [0.15, 0.2) is 0 Å². The summed E-state index contributed by atoms with van der Waals surface area (Å²) >= 11 is 5.91. The van der Waals surface area contributed by atoms with Crippen LogP contribution in [0.1, 0.15) is 13.3 Å². The van der Waals surface area contributed by atoms with E-state index < -0.39 is 0 Å². The molecule has 1 aromatic heterocycles. The van der Waals surface area contributed by atoms with E-state index >= 15 is 0 Å². The Bertz CT molecular complexity index is 334. The number of pyridine rings is 1. The normalized spacial score (nSPS) is 10.9. The predicted octanol–water partition coefficient (Wildman–Crippen LogP) is 2.10. The summed E-state index contributed by atoms with van der Waals surface area (Å²) in [7, 11) is 4.15. The maximum absolute atomic E-state index is 5.91. The van der Waals surface area contributed by atoms with Crippen LogP contribution in [0, 0.1) is 0 Å². The molecule has 5 heteroatoms. The first-order valence-electron chi connectivity index (χ1n) is 5.85. The number of nitrogen functional groups attached to an aromatic ring is 1. The molecule has 1 rings (SSSR count). The van der Waals surface area contributed by atoms with E-state index in [9.17, 15) is 0 Å². The Labute approximate surface area is 108 Å². The zero-order valence-corrected chi connectivity index (χ0v) is 11.5. The highest BCUT2D eigenvalue weighted by molar-refractivity contribution is 6.29. The SMILES string of the molecule is CCN(CCCN(C)C)c1cc(N)cc(Cl)n1. The number of hydrogen-bond donors (Lipinski definition) is 1. The molecular formula is C12H21ClN4. The molecule has 0 amide bonds. The van der Waals surface area contributed by atoms with E-state index in [0.29, 0.717) is 10.8 Å². The van der Waals surface area contributed by atoms with E-state index in [-0.39, 0.29) is 0 Å². The van der Waals surface area contributed by atoms with Crippen LogP contribution in [0.3, 0.4) is 0 Å². The minimum atomic E-state index is 0.450. The van der Waals surface area contributed by atoms with Crippen molar-refractivity contribution in [3.05, 3.63) is 17.3 Å². The fraction of sp³-hybridized carbons (Fsp3) is 0.583. The van der Waals surface area contributed by atoms with Crippen molar-refractivity contribution in [3.8, 4) is 0 Å². The molecule has 0 radical (unpaired) electrons. The van der Waals surface area contributed by atoms with Gasteiger partial charge in [-0.1, -0.05) is 11.6 Å². The van der Waals surface area contributed by atoms with Crippen LogP contribution >= 0.6 is 11.6 Å². The molecule has 1 heterocycles. The Kier molecular flexibility index (Phi) is 5.51. The van der Waals surface area contributed by atoms with Gasteiger partial charge < -0.3 is 15.5 Å². The molecule has 0 atom stereocenters.